The average Bonchev–Trinajstić information content (AvgIpc) is 2.38. The molecule has 19 heavy (non-hydrogen) atoms. The topological polar surface area (TPSA) is 15.3 Å². The van der Waals surface area contributed by atoms with Crippen molar-refractivity contribution in [3.8, 4) is 0 Å². The van der Waals surface area contributed by atoms with Crippen molar-refractivity contribution < 1.29 is 8.78 Å². The number of hydrogen-bond acceptors (Lipinski definition) is 2. The summed E-state index contributed by atoms with van der Waals surface area (Å²) in [5.41, 5.74) is -0.313. The quantitative estimate of drug-likeness (QED) is 0.825. The lowest BCUT2D eigenvalue weighted by atomic mass is 9.83. The minimum atomic E-state index is -0.541. The molecule has 0 aromatic heterocycles. The molecule has 0 bridgehead atoms. The van der Waals surface area contributed by atoms with Gasteiger partial charge in [-0.15, -0.1) is 0 Å². The normalized spacial score (nSPS) is 16.5. The first kappa shape index (κ1) is 16.5. The molecule has 1 N–H and O–H groups in total. The van der Waals surface area contributed by atoms with Crippen LogP contribution in [0.5, 0.6) is 0 Å². The molecule has 2 unspecified atom stereocenters. The Morgan fingerprint density at radius 3 is 2.37 bits per heavy atom. The minimum absolute atomic E-state index is 0.0786. The van der Waals surface area contributed by atoms with Crippen molar-refractivity contribution in [2.75, 3.05) is 21.1 Å². The molecule has 0 fully saturated rings. The van der Waals surface area contributed by atoms with E-state index in [1.54, 1.807) is 7.05 Å². The minimum Gasteiger partial charge on any atom is -0.311 e. The van der Waals surface area contributed by atoms with E-state index in [4.69, 9.17) is 0 Å². The molecule has 0 spiro atoms. The average molecular weight is 335 g/mol. The zero-order valence-corrected chi connectivity index (χ0v) is 13.6. The highest BCUT2D eigenvalue weighted by Gasteiger charge is 2.38. The monoisotopic (exact) mass is 334 g/mol. The lowest BCUT2D eigenvalue weighted by Gasteiger charge is -2.43. The number of nitrogens with one attached hydrogen (secondary N) is 1. The van der Waals surface area contributed by atoms with Crippen LogP contribution in [-0.4, -0.2) is 31.6 Å². The second kappa shape index (κ2) is 6.29. The summed E-state index contributed by atoms with van der Waals surface area (Å²) in [7, 11) is 5.56. The Labute approximate surface area is 122 Å². The molecule has 2 atom stereocenters. The van der Waals surface area contributed by atoms with Gasteiger partial charge in [0.2, 0.25) is 0 Å². The van der Waals surface area contributed by atoms with Gasteiger partial charge in [-0.2, -0.15) is 0 Å². The van der Waals surface area contributed by atoms with E-state index in [9.17, 15) is 8.78 Å². The lowest BCUT2D eigenvalue weighted by Crippen LogP contribution is -2.51. The van der Waals surface area contributed by atoms with Crippen molar-refractivity contribution in [1.82, 2.24) is 10.2 Å². The molecule has 0 aliphatic carbocycles. The molecular formula is C14H21BrF2N2. The highest BCUT2D eigenvalue weighted by Crippen LogP contribution is 2.36. The number of halogens is 3. The maximum absolute atomic E-state index is 14.3. The molecule has 0 heterocycles. The molecule has 1 rings (SSSR count). The van der Waals surface area contributed by atoms with Crippen LogP contribution >= 0.6 is 15.9 Å². The molecule has 0 aliphatic rings. The Morgan fingerprint density at radius 1 is 1.37 bits per heavy atom. The van der Waals surface area contributed by atoms with Gasteiger partial charge in [-0.25, -0.2) is 8.78 Å². The number of likely N-dealkylation sites (N-methyl/N-ethyl adjacent to an activating group) is 2. The number of hydrogen-bond donors (Lipinski definition) is 1. The maximum atomic E-state index is 14.3. The number of nitrogens with zero attached hydrogens (tertiary/aromatic N) is 1. The smallest absolute Gasteiger partial charge is 0.145 e. The van der Waals surface area contributed by atoms with Gasteiger partial charge in [-0.1, -0.05) is 6.92 Å². The van der Waals surface area contributed by atoms with Crippen LogP contribution in [0, 0.1) is 11.6 Å². The van der Waals surface area contributed by atoms with Crippen molar-refractivity contribution in [3.63, 3.8) is 0 Å². The molecule has 5 heteroatoms. The van der Waals surface area contributed by atoms with E-state index >= 15 is 0 Å². The molecule has 0 amide bonds. The Hall–Kier alpha value is -0.520. The molecule has 0 radical (unpaired) electrons. The second-order valence-electron chi connectivity index (χ2n) is 5.08. The van der Waals surface area contributed by atoms with Crippen molar-refractivity contribution in [3.05, 3.63) is 33.8 Å². The van der Waals surface area contributed by atoms with Crippen molar-refractivity contribution >= 4 is 15.9 Å². The molecule has 1 aromatic carbocycles. The summed E-state index contributed by atoms with van der Waals surface area (Å²) in [6, 6.07) is 2.24. The van der Waals surface area contributed by atoms with Gasteiger partial charge >= 0.3 is 0 Å². The summed E-state index contributed by atoms with van der Waals surface area (Å²) >= 11 is 3.12. The van der Waals surface area contributed by atoms with Gasteiger partial charge in [0.05, 0.1) is 10.5 Å². The molecule has 0 saturated heterocycles. The van der Waals surface area contributed by atoms with E-state index < -0.39 is 23.2 Å². The van der Waals surface area contributed by atoms with Crippen LogP contribution in [0.4, 0.5) is 8.78 Å². The Bertz CT molecular complexity index is 451. The molecule has 1 aromatic rings. The van der Waals surface area contributed by atoms with E-state index in [0.717, 1.165) is 6.42 Å². The summed E-state index contributed by atoms with van der Waals surface area (Å²) in [6.45, 7) is 4.01. The van der Waals surface area contributed by atoms with E-state index in [1.165, 1.54) is 12.1 Å². The van der Waals surface area contributed by atoms with Crippen molar-refractivity contribution in [2.24, 2.45) is 0 Å². The third kappa shape index (κ3) is 2.98. The van der Waals surface area contributed by atoms with Gasteiger partial charge in [-0.3, -0.25) is 0 Å². The second-order valence-corrected chi connectivity index (χ2v) is 5.94. The van der Waals surface area contributed by atoms with Gasteiger partial charge < -0.3 is 10.2 Å². The lowest BCUT2D eigenvalue weighted by molar-refractivity contribution is 0.113. The predicted octanol–water partition coefficient (Wildman–Crippen LogP) is 3.72. The summed E-state index contributed by atoms with van der Waals surface area (Å²) in [4.78, 5) is 1.99. The Morgan fingerprint density at radius 2 is 1.95 bits per heavy atom. The molecule has 2 nitrogen and oxygen atoms in total. The zero-order valence-electron chi connectivity index (χ0n) is 12.0. The fourth-order valence-electron chi connectivity index (χ4n) is 2.35. The molecule has 0 aliphatic heterocycles. The standard InChI is InChI=1S/C14H21BrF2N2/c1-6-14(2,19(4)5)13(18-3)11-10(16)8-7-9(15)12(11)17/h7-8,13,18H,6H2,1-5H3. The van der Waals surface area contributed by atoms with Gasteiger partial charge in [-0.05, 0) is 62.6 Å². The van der Waals surface area contributed by atoms with Crippen molar-refractivity contribution in [2.45, 2.75) is 31.8 Å². The Kier molecular flexibility index (Phi) is 5.47. The number of benzene rings is 1. The first-order valence-electron chi connectivity index (χ1n) is 6.27. The Balaban J connectivity index is 3.43. The highest BCUT2D eigenvalue weighted by atomic mass is 79.9. The van der Waals surface area contributed by atoms with Crippen molar-refractivity contribution in [1.29, 1.82) is 0 Å². The van der Waals surface area contributed by atoms with E-state index in [0.29, 0.717) is 0 Å². The van der Waals surface area contributed by atoms with Gasteiger partial charge in [0.1, 0.15) is 11.6 Å². The SMILES string of the molecule is CCC(C)(C(NC)c1c(F)ccc(Br)c1F)N(C)C. The summed E-state index contributed by atoms with van der Waals surface area (Å²) < 4.78 is 28.6. The first-order chi connectivity index (χ1) is 8.79. The third-order valence-corrected chi connectivity index (χ3v) is 4.63. The molecule has 108 valence electrons. The summed E-state index contributed by atoms with van der Waals surface area (Å²) in [6.07, 6.45) is 0.761. The number of rotatable bonds is 5. The highest BCUT2D eigenvalue weighted by molar-refractivity contribution is 9.10. The van der Waals surface area contributed by atoms with Crippen LogP contribution in [0.2, 0.25) is 0 Å². The fraction of sp³-hybridized carbons (Fsp3) is 0.571. The first-order valence-corrected chi connectivity index (χ1v) is 7.07. The zero-order chi connectivity index (χ0) is 14.8. The van der Waals surface area contributed by atoms with Gasteiger partial charge in [0, 0.05) is 11.1 Å². The van der Waals surface area contributed by atoms with E-state index in [2.05, 4.69) is 21.2 Å². The fourth-order valence-corrected chi connectivity index (χ4v) is 2.70. The van der Waals surface area contributed by atoms with Crippen LogP contribution in [0.1, 0.15) is 31.9 Å². The van der Waals surface area contributed by atoms with Crippen LogP contribution in [-0.2, 0) is 0 Å². The van der Waals surface area contributed by atoms with Crippen LogP contribution in [0.3, 0.4) is 0 Å². The van der Waals surface area contributed by atoms with Crippen LogP contribution in [0.25, 0.3) is 0 Å². The maximum Gasteiger partial charge on any atom is 0.145 e. The van der Waals surface area contributed by atoms with Crippen LogP contribution in [0.15, 0.2) is 16.6 Å². The summed E-state index contributed by atoms with van der Waals surface area (Å²) in [5, 5.41) is 3.06. The van der Waals surface area contributed by atoms with E-state index in [1.807, 2.05) is 32.8 Å². The summed E-state index contributed by atoms with van der Waals surface area (Å²) in [5.74, 6) is -1.07. The van der Waals surface area contributed by atoms with E-state index in [-0.39, 0.29) is 10.0 Å². The molecule has 0 saturated carbocycles. The predicted molar refractivity (Wildman–Crippen MR) is 78.2 cm³/mol. The van der Waals surface area contributed by atoms with Gasteiger partial charge in [0.25, 0.3) is 0 Å². The third-order valence-electron chi connectivity index (χ3n) is 4.02. The largest absolute Gasteiger partial charge is 0.311 e. The molecular weight excluding hydrogens is 314 g/mol. The van der Waals surface area contributed by atoms with Crippen LogP contribution < -0.4 is 5.32 Å². The van der Waals surface area contributed by atoms with Gasteiger partial charge in [0.15, 0.2) is 0 Å².